The minimum atomic E-state index is -2.87. The van der Waals surface area contributed by atoms with Crippen LogP contribution < -0.4 is 0 Å². The van der Waals surface area contributed by atoms with Gasteiger partial charge in [0.25, 0.3) is 5.92 Å². The number of nitrogens with zero attached hydrogens (tertiary/aromatic N) is 1. The molecule has 1 aliphatic heterocycles. The van der Waals surface area contributed by atoms with Crippen molar-refractivity contribution in [2.75, 3.05) is 13.1 Å². The highest BCUT2D eigenvalue weighted by molar-refractivity contribution is 5.74. The molecular formula is C10H17F2NO2. The van der Waals surface area contributed by atoms with Gasteiger partial charge in [-0.05, 0) is 5.41 Å². The van der Waals surface area contributed by atoms with E-state index in [4.69, 9.17) is 5.11 Å². The molecule has 0 aliphatic carbocycles. The number of carbonyl (C=O) groups is 1. The van der Waals surface area contributed by atoms with Crippen LogP contribution in [0, 0.1) is 5.41 Å². The first-order valence-electron chi connectivity index (χ1n) is 4.95. The Hall–Kier alpha value is -0.710. The minimum absolute atomic E-state index is 0.173. The van der Waals surface area contributed by atoms with Crippen LogP contribution in [0.15, 0.2) is 0 Å². The highest BCUT2D eigenvalue weighted by Gasteiger charge is 2.48. The molecular weight excluding hydrogens is 204 g/mol. The third kappa shape index (κ3) is 3.41. The predicted molar refractivity (Wildman–Crippen MR) is 52.0 cm³/mol. The summed E-state index contributed by atoms with van der Waals surface area (Å²) in [5.41, 5.74) is -0.173. The lowest BCUT2D eigenvalue weighted by Gasteiger charge is -2.28. The van der Waals surface area contributed by atoms with Crippen LogP contribution in [0.1, 0.15) is 27.2 Å². The second-order valence-electron chi connectivity index (χ2n) is 5.38. The molecule has 1 aliphatic rings. The largest absolute Gasteiger partial charge is 0.480 e. The van der Waals surface area contributed by atoms with Crippen LogP contribution in [0.25, 0.3) is 0 Å². The number of rotatable bonds is 2. The number of carboxylic acids is 1. The van der Waals surface area contributed by atoms with Crippen LogP contribution in [0.3, 0.4) is 0 Å². The summed E-state index contributed by atoms with van der Waals surface area (Å²) in [6, 6.07) is -1.04. The van der Waals surface area contributed by atoms with Crippen molar-refractivity contribution in [3.63, 3.8) is 0 Å². The van der Waals surface area contributed by atoms with Crippen molar-refractivity contribution in [2.45, 2.75) is 39.2 Å². The van der Waals surface area contributed by atoms with Crippen LogP contribution in [0.5, 0.6) is 0 Å². The van der Waals surface area contributed by atoms with E-state index in [0.29, 0.717) is 6.54 Å². The van der Waals surface area contributed by atoms with E-state index < -0.39 is 30.9 Å². The van der Waals surface area contributed by atoms with E-state index in [2.05, 4.69) is 0 Å². The molecule has 0 aromatic heterocycles. The number of alkyl halides is 2. The summed E-state index contributed by atoms with van der Waals surface area (Å²) in [4.78, 5) is 12.2. The zero-order valence-electron chi connectivity index (χ0n) is 9.26. The SMILES string of the molecule is CC(C)(C)CN1CC(F)(F)CC1C(=O)O. The number of likely N-dealkylation sites (tertiary alicyclic amines) is 1. The van der Waals surface area contributed by atoms with Crippen molar-refractivity contribution in [1.82, 2.24) is 4.90 Å². The molecule has 1 unspecified atom stereocenters. The Bertz CT molecular complexity index is 261. The van der Waals surface area contributed by atoms with Crippen LogP contribution in [-0.2, 0) is 4.79 Å². The van der Waals surface area contributed by atoms with E-state index in [1.165, 1.54) is 4.90 Å². The van der Waals surface area contributed by atoms with Crippen molar-refractivity contribution in [1.29, 1.82) is 0 Å². The average Bonchev–Trinajstić information content (AvgIpc) is 2.21. The molecule has 1 saturated heterocycles. The molecule has 88 valence electrons. The second kappa shape index (κ2) is 3.70. The summed E-state index contributed by atoms with van der Waals surface area (Å²) in [6.07, 6.45) is -0.571. The van der Waals surface area contributed by atoms with E-state index in [1.807, 2.05) is 20.8 Å². The number of carboxylic acid groups (broad SMARTS) is 1. The van der Waals surface area contributed by atoms with Gasteiger partial charge in [0, 0.05) is 13.0 Å². The average molecular weight is 221 g/mol. The molecule has 0 bridgehead atoms. The topological polar surface area (TPSA) is 40.5 Å². The zero-order chi connectivity index (χ0) is 11.9. The Labute approximate surface area is 88.1 Å². The molecule has 1 fully saturated rings. The maximum atomic E-state index is 13.1. The predicted octanol–water partition coefficient (Wildman–Crippen LogP) is 1.83. The van der Waals surface area contributed by atoms with Crippen molar-refractivity contribution in [2.24, 2.45) is 5.41 Å². The fourth-order valence-electron chi connectivity index (χ4n) is 1.90. The lowest BCUT2D eigenvalue weighted by atomic mass is 9.96. The van der Waals surface area contributed by atoms with Gasteiger partial charge < -0.3 is 5.11 Å². The summed E-state index contributed by atoms with van der Waals surface area (Å²) < 4.78 is 26.2. The van der Waals surface area contributed by atoms with E-state index in [9.17, 15) is 13.6 Å². The van der Waals surface area contributed by atoms with Gasteiger partial charge in [-0.2, -0.15) is 0 Å². The summed E-state index contributed by atoms with van der Waals surface area (Å²) in [7, 11) is 0. The smallest absolute Gasteiger partial charge is 0.321 e. The van der Waals surface area contributed by atoms with Gasteiger partial charge in [-0.1, -0.05) is 20.8 Å². The van der Waals surface area contributed by atoms with Crippen LogP contribution in [0.4, 0.5) is 8.78 Å². The first-order valence-corrected chi connectivity index (χ1v) is 4.95. The first-order chi connectivity index (χ1) is 6.61. The molecule has 0 aromatic rings. The summed E-state index contributed by atoms with van der Waals surface area (Å²) in [5.74, 6) is -4.02. The van der Waals surface area contributed by atoms with Gasteiger partial charge >= 0.3 is 5.97 Å². The first kappa shape index (κ1) is 12.4. The molecule has 0 amide bonds. The van der Waals surface area contributed by atoms with Gasteiger partial charge in [-0.15, -0.1) is 0 Å². The highest BCUT2D eigenvalue weighted by Crippen LogP contribution is 2.34. The van der Waals surface area contributed by atoms with Crippen LogP contribution in [0.2, 0.25) is 0 Å². The lowest BCUT2D eigenvalue weighted by molar-refractivity contribution is -0.142. The molecule has 1 N–H and O–H groups in total. The Morgan fingerprint density at radius 3 is 2.47 bits per heavy atom. The van der Waals surface area contributed by atoms with E-state index in [1.54, 1.807) is 0 Å². The number of aliphatic carboxylic acids is 1. The summed E-state index contributed by atoms with van der Waals surface area (Å²) in [6.45, 7) is 5.65. The third-order valence-corrected chi connectivity index (χ3v) is 2.33. The van der Waals surface area contributed by atoms with Crippen LogP contribution >= 0.6 is 0 Å². The van der Waals surface area contributed by atoms with Gasteiger partial charge in [0.05, 0.1) is 6.54 Å². The fraction of sp³-hybridized carbons (Fsp3) is 0.900. The number of hydrogen-bond donors (Lipinski definition) is 1. The molecule has 5 heteroatoms. The van der Waals surface area contributed by atoms with Crippen molar-refractivity contribution in [3.05, 3.63) is 0 Å². The Morgan fingerprint density at radius 2 is 2.07 bits per heavy atom. The van der Waals surface area contributed by atoms with Crippen molar-refractivity contribution >= 4 is 5.97 Å². The minimum Gasteiger partial charge on any atom is -0.480 e. The lowest BCUT2D eigenvalue weighted by Crippen LogP contribution is -2.41. The molecule has 15 heavy (non-hydrogen) atoms. The monoisotopic (exact) mass is 221 g/mol. The maximum absolute atomic E-state index is 13.1. The molecule has 1 heterocycles. The zero-order valence-corrected chi connectivity index (χ0v) is 9.26. The molecule has 0 radical (unpaired) electrons. The van der Waals surface area contributed by atoms with E-state index in [0.717, 1.165) is 0 Å². The molecule has 0 aromatic carbocycles. The number of hydrogen-bond acceptors (Lipinski definition) is 2. The van der Waals surface area contributed by atoms with Crippen LogP contribution in [-0.4, -0.2) is 41.0 Å². The second-order valence-corrected chi connectivity index (χ2v) is 5.38. The number of halogens is 2. The molecule has 1 atom stereocenters. The summed E-state index contributed by atoms with van der Waals surface area (Å²) in [5, 5.41) is 8.84. The van der Waals surface area contributed by atoms with Gasteiger partial charge in [0.1, 0.15) is 6.04 Å². The van der Waals surface area contributed by atoms with E-state index in [-0.39, 0.29) is 5.41 Å². The standard InChI is InChI=1S/C10H17F2NO2/c1-9(2,3)5-13-6-10(11,12)4-7(13)8(14)15/h7H,4-6H2,1-3H3,(H,14,15). The fourth-order valence-corrected chi connectivity index (χ4v) is 1.90. The van der Waals surface area contributed by atoms with Gasteiger partial charge in [0.15, 0.2) is 0 Å². The molecule has 0 saturated carbocycles. The quantitative estimate of drug-likeness (QED) is 0.773. The van der Waals surface area contributed by atoms with Crippen molar-refractivity contribution < 1.29 is 18.7 Å². The molecule has 1 rings (SSSR count). The molecule has 0 spiro atoms. The molecule has 3 nitrogen and oxygen atoms in total. The van der Waals surface area contributed by atoms with E-state index >= 15 is 0 Å². The van der Waals surface area contributed by atoms with Gasteiger partial charge in [0.2, 0.25) is 0 Å². The highest BCUT2D eigenvalue weighted by atomic mass is 19.3. The Balaban J connectivity index is 2.74. The normalized spacial score (nSPS) is 26.9. The maximum Gasteiger partial charge on any atom is 0.321 e. The Morgan fingerprint density at radius 1 is 1.53 bits per heavy atom. The summed E-state index contributed by atoms with van der Waals surface area (Å²) >= 11 is 0. The third-order valence-electron chi connectivity index (χ3n) is 2.33. The van der Waals surface area contributed by atoms with Gasteiger partial charge in [-0.25, -0.2) is 8.78 Å². The van der Waals surface area contributed by atoms with Gasteiger partial charge in [-0.3, -0.25) is 9.69 Å². The van der Waals surface area contributed by atoms with Crippen molar-refractivity contribution in [3.8, 4) is 0 Å². The Kier molecular flexibility index (Phi) is 3.05.